The quantitative estimate of drug-likeness (QED) is 0.700. The molecule has 0 saturated carbocycles. The molecular weight excluding hydrogens is 210 g/mol. The Hall–Kier alpha value is -0.200. The highest BCUT2D eigenvalue weighted by Gasteiger charge is 2.53. The lowest BCUT2D eigenvalue weighted by Gasteiger charge is -2.40. The predicted molar refractivity (Wildman–Crippen MR) is 57.8 cm³/mol. The van der Waals surface area contributed by atoms with E-state index in [9.17, 15) is 5.11 Å². The van der Waals surface area contributed by atoms with Gasteiger partial charge in [0.25, 0.3) is 0 Å². The number of hydrogen-bond acceptors (Lipinski definition) is 5. The number of nitrogens with two attached hydrogens (primary N) is 1. The first-order chi connectivity index (χ1) is 7.48. The van der Waals surface area contributed by atoms with Crippen molar-refractivity contribution in [1.82, 2.24) is 0 Å². The number of rotatable bonds is 2. The molecule has 2 fully saturated rings. The van der Waals surface area contributed by atoms with Crippen LogP contribution in [0.1, 0.15) is 27.2 Å². The van der Waals surface area contributed by atoms with Gasteiger partial charge >= 0.3 is 0 Å². The molecule has 0 aliphatic carbocycles. The first kappa shape index (κ1) is 12.3. The molecule has 0 amide bonds. The second kappa shape index (κ2) is 4.23. The summed E-state index contributed by atoms with van der Waals surface area (Å²) in [6.45, 7) is 5.70. The van der Waals surface area contributed by atoms with Crippen LogP contribution in [-0.2, 0) is 14.2 Å². The number of aliphatic hydroxyl groups is 1. The third-order valence-corrected chi connectivity index (χ3v) is 3.27. The Bertz CT molecular complexity index is 258. The molecule has 5 nitrogen and oxygen atoms in total. The average Bonchev–Trinajstić information content (AvgIpc) is 2.55. The lowest BCUT2D eigenvalue weighted by atomic mass is 9.92. The second-order valence-electron chi connectivity index (χ2n) is 4.95. The highest BCUT2D eigenvalue weighted by molar-refractivity contribution is 5.00. The molecule has 0 radical (unpaired) electrons. The van der Waals surface area contributed by atoms with E-state index >= 15 is 0 Å². The van der Waals surface area contributed by atoms with Crippen LogP contribution in [0.2, 0.25) is 0 Å². The van der Waals surface area contributed by atoms with E-state index in [0.717, 1.165) is 6.42 Å². The first-order valence-electron chi connectivity index (χ1n) is 5.86. The van der Waals surface area contributed by atoms with Crippen molar-refractivity contribution in [2.75, 3.05) is 6.61 Å². The maximum Gasteiger partial charge on any atom is 0.163 e. The van der Waals surface area contributed by atoms with Crippen LogP contribution >= 0.6 is 0 Å². The topological polar surface area (TPSA) is 73.9 Å². The van der Waals surface area contributed by atoms with Gasteiger partial charge in [0, 0.05) is 0 Å². The highest BCUT2D eigenvalue weighted by Crippen LogP contribution is 2.37. The maximum atomic E-state index is 9.22. The minimum absolute atomic E-state index is 0.0521. The normalized spacial score (nSPS) is 46.7. The van der Waals surface area contributed by atoms with Gasteiger partial charge in [0.1, 0.15) is 12.2 Å². The van der Waals surface area contributed by atoms with Crippen molar-refractivity contribution in [3.63, 3.8) is 0 Å². The van der Waals surface area contributed by atoms with E-state index in [4.69, 9.17) is 19.9 Å². The fourth-order valence-corrected chi connectivity index (χ4v) is 2.50. The van der Waals surface area contributed by atoms with Crippen LogP contribution in [0.15, 0.2) is 0 Å². The number of fused-ring (bicyclic) bond motifs is 1. The lowest BCUT2D eigenvalue weighted by molar-refractivity contribution is -0.163. The van der Waals surface area contributed by atoms with Crippen LogP contribution in [0.25, 0.3) is 0 Å². The molecule has 0 aromatic heterocycles. The van der Waals surface area contributed by atoms with Gasteiger partial charge in [-0.05, 0) is 20.3 Å². The van der Waals surface area contributed by atoms with Crippen molar-refractivity contribution in [3.8, 4) is 0 Å². The maximum absolute atomic E-state index is 9.22. The predicted octanol–water partition coefficient (Wildman–Crippen LogP) is 0.00350. The molecule has 3 N–H and O–H groups in total. The van der Waals surface area contributed by atoms with Crippen LogP contribution in [0.3, 0.4) is 0 Å². The van der Waals surface area contributed by atoms with Crippen LogP contribution in [-0.4, -0.2) is 48.0 Å². The molecule has 1 unspecified atom stereocenters. The van der Waals surface area contributed by atoms with E-state index in [2.05, 4.69) is 0 Å². The Morgan fingerprint density at radius 2 is 1.81 bits per heavy atom. The van der Waals surface area contributed by atoms with Gasteiger partial charge in [-0.2, -0.15) is 0 Å². The van der Waals surface area contributed by atoms with Gasteiger partial charge in [0.15, 0.2) is 5.79 Å². The fourth-order valence-electron chi connectivity index (χ4n) is 2.50. The number of hydrogen-bond donors (Lipinski definition) is 2. The Morgan fingerprint density at radius 3 is 2.38 bits per heavy atom. The zero-order chi connectivity index (χ0) is 11.9. The molecule has 2 saturated heterocycles. The lowest BCUT2D eigenvalue weighted by Crippen LogP contribution is -2.60. The molecule has 2 aliphatic rings. The van der Waals surface area contributed by atoms with Gasteiger partial charge in [-0.1, -0.05) is 6.92 Å². The van der Waals surface area contributed by atoms with E-state index in [0.29, 0.717) is 0 Å². The molecule has 5 atom stereocenters. The molecule has 0 aromatic carbocycles. The molecule has 2 aliphatic heterocycles. The van der Waals surface area contributed by atoms with Gasteiger partial charge in [-0.25, -0.2) is 0 Å². The van der Waals surface area contributed by atoms with E-state index in [1.54, 1.807) is 0 Å². The molecule has 0 spiro atoms. The Balaban J connectivity index is 2.18. The van der Waals surface area contributed by atoms with E-state index < -0.39 is 5.79 Å². The first-order valence-corrected chi connectivity index (χ1v) is 5.86. The summed E-state index contributed by atoms with van der Waals surface area (Å²) in [5.41, 5.74) is 6.02. The molecule has 16 heavy (non-hydrogen) atoms. The smallest absolute Gasteiger partial charge is 0.163 e. The molecule has 2 rings (SSSR count). The molecule has 5 heteroatoms. The number of ether oxygens (including phenoxy) is 3. The fraction of sp³-hybridized carbons (Fsp3) is 1.00. The largest absolute Gasteiger partial charge is 0.394 e. The van der Waals surface area contributed by atoms with Crippen molar-refractivity contribution in [1.29, 1.82) is 0 Å². The van der Waals surface area contributed by atoms with Crippen molar-refractivity contribution < 1.29 is 19.3 Å². The third kappa shape index (κ3) is 1.98. The van der Waals surface area contributed by atoms with Crippen LogP contribution in [0, 0.1) is 0 Å². The number of aliphatic hydroxyl groups excluding tert-OH is 1. The highest BCUT2D eigenvalue weighted by atomic mass is 16.8. The van der Waals surface area contributed by atoms with Crippen molar-refractivity contribution in [2.24, 2.45) is 5.73 Å². The Labute approximate surface area is 95.9 Å². The standard InChI is InChI=1S/C11H21NO4/c1-4-6-9-10(16-11(2,3)15-9)8(12)7(5-13)14-6/h6-10,13H,4-5,12H2,1-3H3/t6-,7?,8+,9+,10-/m1/s1. The van der Waals surface area contributed by atoms with Crippen molar-refractivity contribution in [2.45, 2.75) is 63.4 Å². The van der Waals surface area contributed by atoms with Gasteiger partial charge in [0.05, 0.1) is 24.9 Å². The minimum atomic E-state index is -0.617. The van der Waals surface area contributed by atoms with Gasteiger partial charge in [-0.3, -0.25) is 0 Å². The van der Waals surface area contributed by atoms with E-state index in [1.165, 1.54) is 0 Å². The van der Waals surface area contributed by atoms with E-state index in [-0.39, 0.29) is 37.1 Å². The van der Waals surface area contributed by atoms with Crippen molar-refractivity contribution in [3.05, 3.63) is 0 Å². The third-order valence-electron chi connectivity index (χ3n) is 3.27. The molecule has 94 valence electrons. The van der Waals surface area contributed by atoms with Crippen LogP contribution in [0.4, 0.5) is 0 Å². The SMILES string of the molecule is CC[C@H]1OC(CO)[C@H](N)[C@H]2OC(C)(C)O[C@H]21. The molecule has 0 aromatic rings. The van der Waals surface area contributed by atoms with Gasteiger partial charge < -0.3 is 25.1 Å². The zero-order valence-electron chi connectivity index (χ0n) is 10.1. The Kier molecular flexibility index (Phi) is 3.25. The Morgan fingerprint density at radius 1 is 1.19 bits per heavy atom. The summed E-state index contributed by atoms with van der Waals surface area (Å²) in [7, 11) is 0. The second-order valence-corrected chi connectivity index (χ2v) is 4.95. The molecule has 2 heterocycles. The van der Waals surface area contributed by atoms with Gasteiger partial charge in [0.2, 0.25) is 0 Å². The van der Waals surface area contributed by atoms with Crippen LogP contribution < -0.4 is 5.73 Å². The zero-order valence-corrected chi connectivity index (χ0v) is 10.1. The molecule has 0 bridgehead atoms. The summed E-state index contributed by atoms with van der Waals surface area (Å²) < 4.78 is 17.3. The summed E-state index contributed by atoms with van der Waals surface area (Å²) in [5.74, 6) is -0.617. The van der Waals surface area contributed by atoms with Crippen LogP contribution in [0.5, 0.6) is 0 Å². The summed E-state index contributed by atoms with van der Waals surface area (Å²) in [5, 5.41) is 9.22. The van der Waals surface area contributed by atoms with Gasteiger partial charge in [-0.15, -0.1) is 0 Å². The van der Waals surface area contributed by atoms with E-state index in [1.807, 2.05) is 20.8 Å². The summed E-state index contributed by atoms with van der Waals surface area (Å²) in [4.78, 5) is 0. The summed E-state index contributed by atoms with van der Waals surface area (Å²) in [6.07, 6.45) is 0.0974. The summed E-state index contributed by atoms with van der Waals surface area (Å²) >= 11 is 0. The van der Waals surface area contributed by atoms with Crippen molar-refractivity contribution >= 4 is 0 Å². The monoisotopic (exact) mass is 231 g/mol. The molecular formula is C11H21NO4. The average molecular weight is 231 g/mol. The summed E-state index contributed by atoms with van der Waals surface area (Å²) in [6, 6.07) is -0.334. The minimum Gasteiger partial charge on any atom is -0.394 e.